The molecule has 0 atom stereocenters. The molecule has 0 saturated heterocycles. The van der Waals surface area contributed by atoms with Crippen molar-refractivity contribution >= 4 is 11.5 Å². The SMILES string of the molecule is CC1CCC(N)(Cc2csnn2)CC1. The van der Waals surface area contributed by atoms with Crippen molar-refractivity contribution in [1.82, 2.24) is 9.59 Å². The summed E-state index contributed by atoms with van der Waals surface area (Å²) >= 11 is 1.41. The third-order valence-corrected chi connectivity index (χ3v) is 3.76. The molecule has 14 heavy (non-hydrogen) atoms. The van der Waals surface area contributed by atoms with Crippen LogP contribution in [0, 0.1) is 5.92 Å². The molecule has 2 N–H and O–H groups in total. The average molecular weight is 211 g/mol. The molecular weight excluding hydrogens is 194 g/mol. The molecule has 1 aliphatic carbocycles. The molecule has 1 aromatic heterocycles. The molecule has 0 radical (unpaired) electrons. The van der Waals surface area contributed by atoms with Crippen molar-refractivity contribution in [3.8, 4) is 0 Å². The summed E-state index contributed by atoms with van der Waals surface area (Å²) in [6.45, 7) is 2.31. The van der Waals surface area contributed by atoms with Crippen LogP contribution < -0.4 is 5.73 Å². The predicted octanol–water partition coefficient (Wildman–Crippen LogP) is 1.99. The van der Waals surface area contributed by atoms with E-state index in [-0.39, 0.29) is 5.54 Å². The summed E-state index contributed by atoms with van der Waals surface area (Å²) in [4.78, 5) is 0. The Balaban J connectivity index is 1.96. The highest BCUT2D eigenvalue weighted by molar-refractivity contribution is 7.03. The molecule has 2 rings (SSSR count). The standard InChI is InChI=1S/C10H17N3S/c1-8-2-4-10(11,5-3-8)6-9-7-14-13-12-9/h7-8H,2-6,11H2,1H3. The molecule has 0 aliphatic heterocycles. The van der Waals surface area contributed by atoms with E-state index in [4.69, 9.17) is 5.73 Å². The normalized spacial score (nSPS) is 33.1. The van der Waals surface area contributed by atoms with Crippen LogP contribution in [0.3, 0.4) is 0 Å². The van der Waals surface area contributed by atoms with Crippen molar-refractivity contribution in [2.75, 3.05) is 0 Å². The van der Waals surface area contributed by atoms with E-state index in [1.54, 1.807) is 0 Å². The first-order valence-corrected chi connectivity index (χ1v) is 6.06. The van der Waals surface area contributed by atoms with Crippen LogP contribution >= 0.6 is 11.5 Å². The minimum Gasteiger partial charge on any atom is -0.325 e. The van der Waals surface area contributed by atoms with Gasteiger partial charge in [0.1, 0.15) is 0 Å². The molecule has 0 bridgehead atoms. The van der Waals surface area contributed by atoms with Gasteiger partial charge in [-0.3, -0.25) is 0 Å². The molecule has 4 heteroatoms. The molecule has 0 aromatic carbocycles. The maximum absolute atomic E-state index is 6.35. The van der Waals surface area contributed by atoms with E-state index >= 15 is 0 Å². The quantitative estimate of drug-likeness (QED) is 0.814. The summed E-state index contributed by atoms with van der Waals surface area (Å²) in [6, 6.07) is 0. The number of aromatic nitrogens is 2. The van der Waals surface area contributed by atoms with Crippen LogP contribution in [0.25, 0.3) is 0 Å². The largest absolute Gasteiger partial charge is 0.325 e. The smallest absolute Gasteiger partial charge is 0.0773 e. The fourth-order valence-corrected chi connectivity index (χ4v) is 2.59. The highest BCUT2D eigenvalue weighted by atomic mass is 32.1. The average Bonchev–Trinajstić information content (AvgIpc) is 2.63. The van der Waals surface area contributed by atoms with Crippen molar-refractivity contribution in [1.29, 1.82) is 0 Å². The molecular formula is C10H17N3S. The van der Waals surface area contributed by atoms with E-state index in [0.29, 0.717) is 0 Å². The minimum atomic E-state index is -0.0116. The Kier molecular flexibility index (Phi) is 2.83. The van der Waals surface area contributed by atoms with Crippen LogP contribution in [-0.2, 0) is 6.42 Å². The van der Waals surface area contributed by atoms with Gasteiger partial charge in [0, 0.05) is 17.3 Å². The van der Waals surface area contributed by atoms with Gasteiger partial charge in [-0.05, 0) is 43.1 Å². The van der Waals surface area contributed by atoms with Crippen molar-refractivity contribution in [3.05, 3.63) is 11.1 Å². The number of nitrogens with two attached hydrogens (primary N) is 1. The maximum Gasteiger partial charge on any atom is 0.0773 e. The molecule has 0 unspecified atom stereocenters. The first-order valence-electron chi connectivity index (χ1n) is 5.23. The van der Waals surface area contributed by atoms with Crippen molar-refractivity contribution in [3.63, 3.8) is 0 Å². The second-order valence-corrected chi connectivity index (χ2v) is 5.23. The van der Waals surface area contributed by atoms with Gasteiger partial charge in [-0.2, -0.15) is 0 Å². The molecule has 0 amide bonds. The van der Waals surface area contributed by atoms with Crippen molar-refractivity contribution in [2.24, 2.45) is 11.7 Å². The first-order chi connectivity index (χ1) is 6.68. The van der Waals surface area contributed by atoms with Crippen molar-refractivity contribution < 1.29 is 0 Å². The summed E-state index contributed by atoms with van der Waals surface area (Å²) < 4.78 is 3.87. The zero-order chi connectivity index (χ0) is 10.0. The number of hydrogen-bond acceptors (Lipinski definition) is 4. The Labute approximate surface area is 88.9 Å². The Hall–Kier alpha value is -0.480. The van der Waals surface area contributed by atoms with Gasteiger partial charge in [-0.25, -0.2) is 0 Å². The third-order valence-electron chi connectivity index (χ3n) is 3.21. The fourth-order valence-electron chi connectivity index (χ4n) is 2.14. The Morgan fingerprint density at radius 3 is 2.86 bits per heavy atom. The van der Waals surface area contributed by atoms with Gasteiger partial charge in [0.05, 0.1) is 5.69 Å². The van der Waals surface area contributed by atoms with Crippen molar-refractivity contribution in [2.45, 2.75) is 44.6 Å². The van der Waals surface area contributed by atoms with Crippen LogP contribution in [0.2, 0.25) is 0 Å². The summed E-state index contributed by atoms with van der Waals surface area (Å²) in [5, 5.41) is 6.07. The fraction of sp³-hybridized carbons (Fsp3) is 0.800. The van der Waals surface area contributed by atoms with E-state index in [0.717, 1.165) is 30.9 Å². The number of rotatable bonds is 2. The summed E-state index contributed by atoms with van der Waals surface area (Å²) in [5.41, 5.74) is 7.40. The molecule has 78 valence electrons. The summed E-state index contributed by atoms with van der Waals surface area (Å²) in [7, 11) is 0. The molecule has 3 nitrogen and oxygen atoms in total. The molecule has 1 fully saturated rings. The molecule has 0 spiro atoms. The lowest BCUT2D eigenvalue weighted by Gasteiger charge is -2.35. The zero-order valence-corrected chi connectivity index (χ0v) is 9.39. The van der Waals surface area contributed by atoms with Crippen LogP contribution in [0.1, 0.15) is 38.3 Å². The van der Waals surface area contributed by atoms with Gasteiger partial charge in [0.2, 0.25) is 0 Å². The second kappa shape index (κ2) is 3.95. The Morgan fingerprint density at radius 2 is 2.29 bits per heavy atom. The van der Waals surface area contributed by atoms with Gasteiger partial charge < -0.3 is 5.73 Å². The van der Waals surface area contributed by atoms with Gasteiger partial charge in [0.15, 0.2) is 0 Å². The number of nitrogens with zero attached hydrogens (tertiary/aromatic N) is 2. The summed E-state index contributed by atoms with van der Waals surface area (Å²) in [5.74, 6) is 0.847. The van der Waals surface area contributed by atoms with Crippen LogP contribution in [-0.4, -0.2) is 15.1 Å². The van der Waals surface area contributed by atoms with Gasteiger partial charge in [-0.1, -0.05) is 11.4 Å². The number of hydrogen-bond donors (Lipinski definition) is 1. The zero-order valence-electron chi connectivity index (χ0n) is 8.57. The summed E-state index contributed by atoms with van der Waals surface area (Å²) in [6.07, 6.45) is 5.68. The second-order valence-electron chi connectivity index (χ2n) is 4.62. The van der Waals surface area contributed by atoms with Gasteiger partial charge in [0.25, 0.3) is 0 Å². The van der Waals surface area contributed by atoms with Crippen LogP contribution in [0.15, 0.2) is 5.38 Å². The monoisotopic (exact) mass is 211 g/mol. The highest BCUT2D eigenvalue weighted by Gasteiger charge is 2.30. The van der Waals surface area contributed by atoms with E-state index in [9.17, 15) is 0 Å². The predicted molar refractivity (Wildman–Crippen MR) is 58.2 cm³/mol. The van der Waals surface area contributed by atoms with E-state index in [1.807, 2.05) is 5.38 Å². The maximum atomic E-state index is 6.35. The topological polar surface area (TPSA) is 51.8 Å². The van der Waals surface area contributed by atoms with Crippen LogP contribution in [0.5, 0.6) is 0 Å². The van der Waals surface area contributed by atoms with Gasteiger partial charge >= 0.3 is 0 Å². The lowest BCUT2D eigenvalue weighted by atomic mass is 9.75. The lowest BCUT2D eigenvalue weighted by molar-refractivity contribution is 0.242. The first kappa shape index (κ1) is 10.1. The van der Waals surface area contributed by atoms with Gasteiger partial charge in [-0.15, -0.1) is 5.10 Å². The molecule has 1 heterocycles. The molecule has 1 aliphatic rings. The van der Waals surface area contributed by atoms with E-state index < -0.39 is 0 Å². The highest BCUT2D eigenvalue weighted by Crippen LogP contribution is 2.32. The Bertz CT molecular complexity index is 276. The lowest BCUT2D eigenvalue weighted by Crippen LogP contribution is -2.45. The Morgan fingerprint density at radius 1 is 1.57 bits per heavy atom. The van der Waals surface area contributed by atoms with E-state index in [2.05, 4.69) is 16.5 Å². The molecule has 1 saturated carbocycles. The van der Waals surface area contributed by atoms with Crippen LogP contribution in [0.4, 0.5) is 0 Å². The third kappa shape index (κ3) is 2.30. The minimum absolute atomic E-state index is 0.0116. The van der Waals surface area contributed by atoms with E-state index in [1.165, 1.54) is 24.4 Å². The molecule has 1 aromatic rings.